The Morgan fingerprint density at radius 1 is 1.35 bits per heavy atom. The van der Waals surface area contributed by atoms with Gasteiger partial charge in [0.05, 0.1) is 6.04 Å². The Kier molecular flexibility index (Phi) is 6.94. The Bertz CT molecular complexity index is 440. The van der Waals surface area contributed by atoms with Crippen molar-refractivity contribution < 1.29 is 13.9 Å². The molecular weight excluding hydrogens is 257 g/mol. The fourth-order valence-corrected chi connectivity index (χ4v) is 1.93. The number of allylic oxidation sites excluding steroid dienone is 1. The van der Waals surface area contributed by atoms with E-state index in [1.807, 2.05) is 7.05 Å². The molecule has 0 saturated heterocycles. The van der Waals surface area contributed by atoms with Gasteiger partial charge in [-0.2, -0.15) is 0 Å². The van der Waals surface area contributed by atoms with E-state index in [4.69, 9.17) is 4.74 Å². The summed E-state index contributed by atoms with van der Waals surface area (Å²) < 4.78 is 18.5. The number of benzene rings is 1. The van der Waals surface area contributed by atoms with Gasteiger partial charge < -0.3 is 10.1 Å². The maximum Gasteiger partial charge on any atom is 0.146 e. The van der Waals surface area contributed by atoms with E-state index in [0.717, 1.165) is 18.3 Å². The van der Waals surface area contributed by atoms with Crippen molar-refractivity contribution in [2.45, 2.75) is 32.9 Å². The molecule has 1 atom stereocenters. The fraction of sp³-hybridized carbons (Fsp3) is 0.438. The van der Waals surface area contributed by atoms with Crippen LogP contribution in [0.2, 0.25) is 0 Å². The first-order chi connectivity index (χ1) is 9.56. The van der Waals surface area contributed by atoms with Crippen LogP contribution in [-0.2, 0) is 16.1 Å². The molecule has 20 heavy (non-hydrogen) atoms. The SMILES string of the molecule is CN[C@@H](CC(C)C)/C(=C\C=O)OCc1ccc(F)cc1. The summed E-state index contributed by atoms with van der Waals surface area (Å²) in [6.07, 6.45) is 3.04. The van der Waals surface area contributed by atoms with Crippen molar-refractivity contribution in [3.05, 3.63) is 47.5 Å². The smallest absolute Gasteiger partial charge is 0.146 e. The summed E-state index contributed by atoms with van der Waals surface area (Å²) in [5.74, 6) is 0.822. The molecule has 1 aromatic rings. The first-order valence-electron chi connectivity index (χ1n) is 6.76. The predicted octanol–water partition coefficient (Wildman–Crippen LogP) is 3.06. The lowest BCUT2D eigenvalue weighted by Gasteiger charge is -2.22. The van der Waals surface area contributed by atoms with Gasteiger partial charge in [0.15, 0.2) is 0 Å². The summed E-state index contributed by atoms with van der Waals surface area (Å²) >= 11 is 0. The summed E-state index contributed by atoms with van der Waals surface area (Å²) in [6.45, 7) is 4.54. The first kappa shape index (κ1) is 16.4. The molecule has 4 heteroatoms. The van der Waals surface area contributed by atoms with Crippen LogP contribution in [0, 0.1) is 11.7 Å². The minimum atomic E-state index is -0.273. The van der Waals surface area contributed by atoms with Gasteiger partial charge in [-0.25, -0.2) is 4.39 Å². The number of ether oxygens (including phenoxy) is 1. The van der Waals surface area contributed by atoms with Crippen LogP contribution in [-0.4, -0.2) is 19.4 Å². The van der Waals surface area contributed by atoms with Crippen molar-refractivity contribution in [1.29, 1.82) is 0 Å². The van der Waals surface area contributed by atoms with Gasteiger partial charge in [-0.15, -0.1) is 0 Å². The molecule has 3 nitrogen and oxygen atoms in total. The highest BCUT2D eigenvalue weighted by Gasteiger charge is 2.15. The zero-order valence-corrected chi connectivity index (χ0v) is 12.2. The van der Waals surface area contributed by atoms with Gasteiger partial charge in [0, 0.05) is 6.08 Å². The molecule has 0 saturated carbocycles. The van der Waals surface area contributed by atoms with E-state index in [9.17, 15) is 9.18 Å². The molecule has 1 aromatic carbocycles. The Morgan fingerprint density at radius 2 is 2.00 bits per heavy atom. The molecule has 0 fully saturated rings. The van der Waals surface area contributed by atoms with Crippen molar-refractivity contribution in [3.63, 3.8) is 0 Å². The van der Waals surface area contributed by atoms with Crippen LogP contribution in [0.1, 0.15) is 25.8 Å². The highest BCUT2D eigenvalue weighted by molar-refractivity contribution is 5.65. The van der Waals surface area contributed by atoms with Crippen LogP contribution in [0.25, 0.3) is 0 Å². The third-order valence-corrected chi connectivity index (χ3v) is 2.95. The fourth-order valence-electron chi connectivity index (χ4n) is 1.93. The summed E-state index contributed by atoms with van der Waals surface area (Å²) in [5.41, 5.74) is 0.864. The second-order valence-corrected chi connectivity index (χ2v) is 5.09. The first-order valence-corrected chi connectivity index (χ1v) is 6.76. The number of carbonyl (C=O) groups is 1. The van der Waals surface area contributed by atoms with Crippen molar-refractivity contribution in [2.24, 2.45) is 5.92 Å². The average molecular weight is 279 g/mol. The molecule has 0 aliphatic heterocycles. The summed E-state index contributed by atoms with van der Waals surface area (Å²) in [7, 11) is 1.84. The molecule has 1 N–H and O–H groups in total. The molecule has 1 rings (SSSR count). The van der Waals surface area contributed by atoms with Gasteiger partial charge in [0.1, 0.15) is 24.5 Å². The van der Waals surface area contributed by atoms with E-state index in [1.165, 1.54) is 18.2 Å². The molecule has 0 amide bonds. The number of nitrogens with one attached hydrogen (secondary N) is 1. The third kappa shape index (κ3) is 5.53. The molecule has 0 bridgehead atoms. The maximum atomic E-state index is 12.8. The third-order valence-electron chi connectivity index (χ3n) is 2.95. The van der Waals surface area contributed by atoms with E-state index in [0.29, 0.717) is 18.3 Å². The number of halogens is 1. The molecule has 0 aliphatic rings. The van der Waals surface area contributed by atoms with Crippen LogP contribution in [0.4, 0.5) is 4.39 Å². The number of hydrogen-bond donors (Lipinski definition) is 1. The van der Waals surface area contributed by atoms with E-state index >= 15 is 0 Å². The number of aldehydes is 1. The van der Waals surface area contributed by atoms with Crippen molar-refractivity contribution in [2.75, 3.05) is 7.05 Å². The summed E-state index contributed by atoms with van der Waals surface area (Å²) in [6, 6.07) is 6.13. The lowest BCUT2D eigenvalue weighted by molar-refractivity contribution is -0.104. The van der Waals surface area contributed by atoms with E-state index < -0.39 is 0 Å². The minimum Gasteiger partial charge on any atom is -0.491 e. The molecule has 0 aromatic heterocycles. The van der Waals surface area contributed by atoms with Gasteiger partial charge in [0.2, 0.25) is 0 Å². The van der Waals surface area contributed by atoms with Gasteiger partial charge >= 0.3 is 0 Å². The Labute approximate surface area is 119 Å². The van der Waals surface area contributed by atoms with Gasteiger partial charge in [-0.1, -0.05) is 26.0 Å². The van der Waals surface area contributed by atoms with Crippen LogP contribution in [0.3, 0.4) is 0 Å². The molecule has 110 valence electrons. The minimum absolute atomic E-state index is 0.000600. The van der Waals surface area contributed by atoms with E-state index in [2.05, 4.69) is 19.2 Å². The van der Waals surface area contributed by atoms with Gasteiger partial charge in [-0.05, 0) is 37.1 Å². The number of rotatable bonds is 8. The van der Waals surface area contributed by atoms with E-state index in [-0.39, 0.29) is 11.9 Å². The number of hydrogen-bond acceptors (Lipinski definition) is 3. The maximum absolute atomic E-state index is 12.8. The zero-order valence-electron chi connectivity index (χ0n) is 12.2. The lowest BCUT2D eigenvalue weighted by atomic mass is 10.0. The Balaban J connectivity index is 2.69. The van der Waals surface area contributed by atoms with Gasteiger partial charge in [0.25, 0.3) is 0 Å². The Morgan fingerprint density at radius 3 is 2.50 bits per heavy atom. The second kappa shape index (κ2) is 8.48. The van der Waals surface area contributed by atoms with Crippen LogP contribution >= 0.6 is 0 Å². The van der Waals surface area contributed by atoms with Crippen LogP contribution in [0.15, 0.2) is 36.1 Å². The van der Waals surface area contributed by atoms with Gasteiger partial charge in [-0.3, -0.25) is 4.79 Å². The lowest BCUT2D eigenvalue weighted by Crippen LogP contribution is -2.30. The van der Waals surface area contributed by atoms with Crippen LogP contribution in [0.5, 0.6) is 0 Å². The van der Waals surface area contributed by atoms with Crippen molar-refractivity contribution >= 4 is 6.29 Å². The highest BCUT2D eigenvalue weighted by atomic mass is 19.1. The Hall–Kier alpha value is -1.68. The largest absolute Gasteiger partial charge is 0.491 e. The van der Waals surface area contributed by atoms with E-state index in [1.54, 1.807) is 12.1 Å². The normalized spacial score (nSPS) is 13.3. The molecule has 0 radical (unpaired) electrons. The zero-order chi connectivity index (χ0) is 15.0. The summed E-state index contributed by atoms with van der Waals surface area (Å²) in [4.78, 5) is 10.7. The predicted molar refractivity (Wildman–Crippen MR) is 77.6 cm³/mol. The average Bonchev–Trinajstić information content (AvgIpc) is 2.42. The highest BCUT2D eigenvalue weighted by Crippen LogP contribution is 2.16. The monoisotopic (exact) mass is 279 g/mol. The molecule has 0 spiro atoms. The topological polar surface area (TPSA) is 38.3 Å². The van der Waals surface area contributed by atoms with Crippen molar-refractivity contribution in [3.8, 4) is 0 Å². The molecule has 0 unspecified atom stereocenters. The standard InChI is InChI=1S/C16H22FNO2/c1-12(2)10-15(18-3)16(8-9-19)20-11-13-4-6-14(17)7-5-13/h4-9,12,15,18H,10-11H2,1-3H3/b16-8+/t15-/m0/s1. The molecular formula is C16H22FNO2. The molecule has 0 heterocycles. The number of carbonyl (C=O) groups excluding carboxylic acids is 1. The molecule has 0 aliphatic carbocycles. The second-order valence-electron chi connectivity index (χ2n) is 5.09. The van der Waals surface area contributed by atoms with Crippen LogP contribution < -0.4 is 5.32 Å². The quantitative estimate of drug-likeness (QED) is 0.451. The number of likely N-dealkylation sites (N-methyl/N-ethyl adjacent to an activating group) is 1. The summed E-state index contributed by atoms with van der Waals surface area (Å²) in [5, 5.41) is 3.15. The van der Waals surface area contributed by atoms with Crippen molar-refractivity contribution in [1.82, 2.24) is 5.32 Å².